The van der Waals surface area contributed by atoms with Crippen LogP contribution in [0.4, 0.5) is 0 Å². The van der Waals surface area contributed by atoms with Crippen LogP contribution in [0.25, 0.3) is 0 Å². The first-order valence-electron chi connectivity index (χ1n) is 7.03. The summed E-state index contributed by atoms with van der Waals surface area (Å²) in [6.45, 7) is 4.86. The van der Waals surface area contributed by atoms with Crippen molar-refractivity contribution in [3.05, 3.63) is 0 Å². The molecule has 0 aromatic heterocycles. The van der Waals surface area contributed by atoms with Crippen molar-refractivity contribution in [3.8, 4) is 6.07 Å². The summed E-state index contributed by atoms with van der Waals surface area (Å²) in [5.41, 5.74) is 0. The molecule has 0 bridgehead atoms. The third kappa shape index (κ3) is 7.36. The molecule has 1 aliphatic carbocycles. The summed E-state index contributed by atoms with van der Waals surface area (Å²) in [4.78, 5) is 0. The van der Waals surface area contributed by atoms with Crippen LogP contribution in [0.5, 0.6) is 0 Å². The van der Waals surface area contributed by atoms with Gasteiger partial charge in [-0.05, 0) is 26.2 Å². The zero-order chi connectivity index (χ0) is 12.5. The normalized spacial score (nSPS) is 18.6. The molecule has 0 amide bonds. The van der Waals surface area contributed by atoms with E-state index in [-0.39, 0.29) is 12.1 Å². The second-order valence-electron chi connectivity index (χ2n) is 5.12. The van der Waals surface area contributed by atoms with E-state index >= 15 is 0 Å². The minimum atomic E-state index is -0.124. The van der Waals surface area contributed by atoms with E-state index in [4.69, 9.17) is 10.00 Å². The van der Waals surface area contributed by atoms with Gasteiger partial charge in [0, 0.05) is 6.04 Å². The van der Waals surface area contributed by atoms with Crippen LogP contribution < -0.4 is 5.32 Å². The lowest BCUT2D eigenvalue weighted by atomic mass is 10.1. The number of ether oxygens (including phenoxy) is 1. The van der Waals surface area contributed by atoms with E-state index in [1.807, 2.05) is 0 Å². The van der Waals surface area contributed by atoms with Gasteiger partial charge in [0.05, 0.1) is 18.8 Å². The van der Waals surface area contributed by atoms with E-state index < -0.39 is 0 Å². The highest BCUT2D eigenvalue weighted by molar-refractivity contribution is 4.95. The van der Waals surface area contributed by atoms with Crippen molar-refractivity contribution in [2.45, 2.75) is 77.0 Å². The van der Waals surface area contributed by atoms with Crippen molar-refractivity contribution in [1.29, 1.82) is 5.26 Å². The highest BCUT2D eigenvalue weighted by Gasteiger charge is 2.24. The SMILES string of the molecule is CCCCCCC(C)OCC(C#N)NC1CC1. The fourth-order valence-electron chi connectivity index (χ4n) is 1.86. The molecule has 3 heteroatoms. The second-order valence-corrected chi connectivity index (χ2v) is 5.12. The van der Waals surface area contributed by atoms with E-state index in [0.29, 0.717) is 12.6 Å². The van der Waals surface area contributed by atoms with Crippen molar-refractivity contribution < 1.29 is 4.74 Å². The van der Waals surface area contributed by atoms with Crippen LogP contribution in [-0.4, -0.2) is 24.8 Å². The standard InChI is InChI=1S/C14H26N2O/c1-3-4-5-6-7-12(2)17-11-14(10-15)16-13-8-9-13/h12-14,16H,3-9,11H2,1-2H3. The molecule has 0 saturated heterocycles. The van der Waals surface area contributed by atoms with Gasteiger partial charge in [0.15, 0.2) is 0 Å². The van der Waals surface area contributed by atoms with Gasteiger partial charge in [0.1, 0.15) is 6.04 Å². The molecule has 1 rings (SSSR count). The van der Waals surface area contributed by atoms with Gasteiger partial charge in [-0.3, -0.25) is 5.32 Å². The molecule has 0 radical (unpaired) electrons. The molecule has 0 aromatic rings. The highest BCUT2D eigenvalue weighted by Crippen LogP contribution is 2.19. The summed E-state index contributed by atoms with van der Waals surface area (Å²) < 4.78 is 5.72. The molecule has 1 aliphatic rings. The Morgan fingerprint density at radius 2 is 2.12 bits per heavy atom. The zero-order valence-corrected chi connectivity index (χ0v) is 11.2. The molecular weight excluding hydrogens is 212 g/mol. The summed E-state index contributed by atoms with van der Waals surface area (Å²) in [5, 5.41) is 12.3. The largest absolute Gasteiger partial charge is 0.376 e. The number of hydrogen-bond donors (Lipinski definition) is 1. The summed E-state index contributed by atoms with van der Waals surface area (Å²) in [6, 6.07) is 2.72. The maximum Gasteiger partial charge on any atom is 0.119 e. The van der Waals surface area contributed by atoms with Crippen LogP contribution in [0.1, 0.15) is 58.8 Å². The van der Waals surface area contributed by atoms with Crippen LogP contribution in [0.2, 0.25) is 0 Å². The summed E-state index contributed by atoms with van der Waals surface area (Å²) in [5.74, 6) is 0. The predicted molar refractivity (Wildman–Crippen MR) is 69.7 cm³/mol. The molecule has 0 spiro atoms. The van der Waals surface area contributed by atoms with Crippen LogP contribution in [0.3, 0.4) is 0 Å². The van der Waals surface area contributed by atoms with Crippen molar-refractivity contribution in [1.82, 2.24) is 5.32 Å². The quantitative estimate of drug-likeness (QED) is 0.595. The van der Waals surface area contributed by atoms with Crippen molar-refractivity contribution in [2.75, 3.05) is 6.61 Å². The number of hydrogen-bond acceptors (Lipinski definition) is 3. The van der Waals surface area contributed by atoms with Gasteiger partial charge >= 0.3 is 0 Å². The molecule has 0 aliphatic heterocycles. The van der Waals surface area contributed by atoms with E-state index in [1.54, 1.807) is 0 Å². The van der Waals surface area contributed by atoms with Gasteiger partial charge < -0.3 is 4.74 Å². The Bertz CT molecular complexity index is 233. The first-order valence-corrected chi connectivity index (χ1v) is 7.03. The monoisotopic (exact) mass is 238 g/mol. The summed E-state index contributed by atoms with van der Waals surface area (Å²) in [7, 11) is 0. The molecule has 98 valence electrons. The first-order chi connectivity index (χ1) is 8.26. The minimum absolute atomic E-state index is 0.124. The average Bonchev–Trinajstić information content (AvgIpc) is 3.14. The Labute approximate surface area is 106 Å². The smallest absolute Gasteiger partial charge is 0.119 e. The molecular formula is C14H26N2O. The van der Waals surface area contributed by atoms with Gasteiger partial charge in [0.25, 0.3) is 0 Å². The van der Waals surface area contributed by atoms with E-state index in [0.717, 1.165) is 6.42 Å². The first kappa shape index (κ1) is 14.5. The third-order valence-electron chi connectivity index (χ3n) is 3.18. The average molecular weight is 238 g/mol. The van der Waals surface area contributed by atoms with Gasteiger partial charge in [-0.1, -0.05) is 32.6 Å². The van der Waals surface area contributed by atoms with E-state index in [9.17, 15) is 0 Å². The van der Waals surface area contributed by atoms with Crippen LogP contribution >= 0.6 is 0 Å². The molecule has 1 fully saturated rings. The molecule has 0 heterocycles. The lowest BCUT2D eigenvalue weighted by Gasteiger charge is -2.16. The Kier molecular flexibility index (Phi) is 7.23. The summed E-state index contributed by atoms with van der Waals surface area (Å²) >= 11 is 0. The molecule has 2 atom stereocenters. The number of unbranched alkanes of at least 4 members (excludes halogenated alkanes) is 3. The predicted octanol–water partition coefficient (Wildman–Crippen LogP) is 3.01. The zero-order valence-electron chi connectivity index (χ0n) is 11.2. The van der Waals surface area contributed by atoms with Crippen molar-refractivity contribution in [3.63, 3.8) is 0 Å². The maximum atomic E-state index is 8.97. The molecule has 2 unspecified atom stereocenters. The van der Waals surface area contributed by atoms with Crippen LogP contribution in [0, 0.1) is 11.3 Å². The highest BCUT2D eigenvalue weighted by atomic mass is 16.5. The van der Waals surface area contributed by atoms with E-state index in [2.05, 4.69) is 25.2 Å². The Morgan fingerprint density at radius 3 is 2.71 bits per heavy atom. The minimum Gasteiger partial charge on any atom is -0.376 e. The lowest BCUT2D eigenvalue weighted by molar-refractivity contribution is 0.0510. The Morgan fingerprint density at radius 1 is 1.35 bits per heavy atom. The van der Waals surface area contributed by atoms with Gasteiger partial charge in [-0.15, -0.1) is 0 Å². The van der Waals surface area contributed by atoms with Gasteiger partial charge in [-0.25, -0.2) is 0 Å². The van der Waals surface area contributed by atoms with Gasteiger partial charge in [-0.2, -0.15) is 5.26 Å². The lowest BCUT2D eigenvalue weighted by Crippen LogP contribution is -2.34. The topological polar surface area (TPSA) is 45.0 Å². The number of nitriles is 1. The Balaban J connectivity index is 2.00. The summed E-state index contributed by atoms with van der Waals surface area (Å²) in [6.07, 6.45) is 8.95. The van der Waals surface area contributed by atoms with Gasteiger partial charge in [0.2, 0.25) is 0 Å². The van der Waals surface area contributed by atoms with Crippen LogP contribution in [0.15, 0.2) is 0 Å². The molecule has 1 N–H and O–H groups in total. The fraction of sp³-hybridized carbons (Fsp3) is 0.929. The van der Waals surface area contributed by atoms with Crippen LogP contribution in [-0.2, 0) is 4.74 Å². The van der Waals surface area contributed by atoms with Crippen molar-refractivity contribution >= 4 is 0 Å². The van der Waals surface area contributed by atoms with Crippen molar-refractivity contribution in [2.24, 2.45) is 0 Å². The fourth-order valence-corrected chi connectivity index (χ4v) is 1.86. The molecule has 1 saturated carbocycles. The number of nitrogens with zero attached hydrogens (tertiary/aromatic N) is 1. The van der Waals surface area contributed by atoms with E-state index in [1.165, 1.54) is 38.5 Å². The third-order valence-corrected chi connectivity index (χ3v) is 3.18. The Hall–Kier alpha value is -0.590. The maximum absolute atomic E-state index is 8.97. The molecule has 0 aromatic carbocycles. The number of nitrogens with one attached hydrogen (secondary N) is 1. The molecule has 3 nitrogen and oxygen atoms in total. The molecule has 17 heavy (non-hydrogen) atoms. The number of rotatable bonds is 10. The second kappa shape index (κ2) is 8.49.